The molecule has 0 aliphatic heterocycles. The van der Waals surface area contributed by atoms with E-state index in [4.69, 9.17) is 13.9 Å². The zero-order valence-electron chi connectivity index (χ0n) is 14.1. The summed E-state index contributed by atoms with van der Waals surface area (Å²) in [5.41, 5.74) is 1.28. The minimum Gasteiger partial charge on any atom is -0.495 e. The molecule has 0 aliphatic rings. The highest BCUT2D eigenvalue weighted by Crippen LogP contribution is 2.33. The quantitative estimate of drug-likeness (QED) is 0.713. The van der Waals surface area contributed by atoms with Crippen LogP contribution in [0.2, 0.25) is 0 Å². The molecule has 1 aromatic heterocycles. The number of Topliss-reactive ketones (excluding diaryl/α,β-unsaturated/α-hetero) is 1. The van der Waals surface area contributed by atoms with E-state index in [-0.39, 0.29) is 17.5 Å². The molecule has 0 radical (unpaired) electrons. The van der Waals surface area contributed by atoms with Gasteiger partial charge in [-0.2, -0.15) is 0 Å². The smallest absolute Gasteiger partial charge is 0.256 e. The predicted molar refractivity (Wildman–Crippen MR) is 93.7 cm³/mol. The molecule has 0 bridgehead atoms. The molecular weight excluding hydrogens is 322 g/mol. The Morgan fingerprint density at radius 2 is 1.72 bits per heavy atom. The Bertz CT molecular complexity index is 958. The number of nitrogens with one attached hydrogen (secondary N) is 1. The summed E-state index contributed by atoms with van der Waals surface area (Å²) < 4.78 is 16.1. The first-order chi connectivity index (χ1) is 12.0. The Hall–Kier alpha value is -3.28. The van der Waals surface area contributed by atoms with Crippen LogP contribution >= 0.6 is 0 Å². The molecule has 1 heterocycles. The van der Waals surface area contributed by atoms with Crippen molar-refractivity contribution in [1.82, 2.24) is 0 Å². The molecule has 0 aliphatic carbocycles. The minimum atomic E-state index is -0.340. The molecule has 0 saturated heterocycles. The minimum absolute atomic E-state index is 0.172. The summed E-state index contributed by atoms with van der Waals surface area (Å²) in [6.45, 7) is 1.40. The lowest BCUT2D eigenvalue weighted by Crippen LogP contribution is -2.13. The van der Waals surface area contributed by atoms with Gasteiger partial charge in [0.05, 0.1) is 25.5 Å². The van der Waals surface area contributed by atoms with Crippen LogP contribution in [0.3, 0.4) is 0 Å². The predicted octanol–water partition coefficient (Wildman–Crippen LogP) is 3.90. The topological polar surface area (TPSA) is 77.8 Å². The summed E-state index contributed by atoms with van der Waals surface area (Å²) in [7, 11) is 3.03. The molecule has 128 valence electrons. The summed E-state index contributed by atoms with van der Waals surface area (Å²) in [6.07, 6.45) is 0. The first kappa shape index (κ1) is 16.6. The number of amides is 1. The molecule has 25 heavy (non-hydrogen) atoms. The molecule has 0 saturated carbocycles. The fourth-order valence-electron chi connectivity index (χ4n) is 2.57. The number of carbonyl (C=O) groups is 2. The molecule has 1 N–H and O–H groups in total. The molecule has 0 atom stereocenters. The van der Waals surface area contributed by atoms with E-state index in [1.54, 1.807) is 36.4 Å². The lowest BCUT2D eigenvalue weighted by Gasteiger charge is -2.10. The third kappa shape index (κ3) is 3.06. The number of fused-ring (bicyclic) bond motifs is 1. The molecule has 0 fully saturated rings. The van der Waals surface area contributed by atoms with Crippen LogP contribution in [0.1, 0.15) is 27.8 Å². The van der Waals surface area contributed by atoms with Crippen LogP contribution in [-0.2, 0) is 0 Å². The highest BCUT2D eigenvalue weighted by Gasteiger charge is 2.19. The number of methoxy groups -OCH3 is 2. The molecule has 0 spiro atoms. The summed E-state index contributed by atoms with van der Waals surface area (Å²) in [6, 6.07) is 11.9. The van der Waals surface area contributed by atoms with E-state index < -0.39 is 0 Å². The second kappa shape index (κ2) is 6.68. The Kier molecular flexibility index (Phi) is 4.43. The fraction of sp³-hybridized carbons (Fsp3) is 0.158. The molecule has 2 aromatic carbocycles. The summed E-state index contributed by atoms with van der Waals surface area (Å²) in [4.78, 5) is 24.4. The van der Waals surface area contributed by atoms with E-state index in [1.165, 1.54) is 21.1 Å². The molecule has 3 aromatic rings. The number of hydrogen-bond acceptors (Lipinski definition) is 5. The van der Waals surface area contributed by atoms with Crippen molar-refractivity contribution in [3.63, 3.8) is 0 Å². The van der Waals surface area contributed by atoms with Gasteiger partial charge in [-0.15, -0.1) is 0 Å². The van der Waals surface area contributed by atoms with Gasteiger partial charge >= 0.3 is 0 Å². The van der Waals surface area contributed by atoms with Crippen LogP contribution in [0.5, 0.6) is 11.5 Å². The van der Waals surface area contributed by atoms with Crippen LogP contribution in [0.25, 0.3) is 11.0 Å². The van der Waals surface area contributed by atoms with Gasteiger partial charge in [-0.25, -0.2) is 0 Å². The number of para-hydroxylation sites is 2. The Morgan fingerprint density at radius 3 is 2.40 bits per heavy atom. The average Bonchev–Trinajstić information content (AvgIpc) is 3.06. The van der Waals surface area contributed by atoms with Crippen molar-refractivity contribution in [1.29, 1.82) is 0 Å². The maximum atomic E-state index is 12.7. The van der Waals surface area contributed by atoms with Gasteiger partial charge in [0.15, 0.2) is 22.9 Å². The Labute approximate surface area is 144 Å². The van der Waals surface area contributed by atoms with Crippen molar-refractivity contribution in [3.8, 4) is 11.5 Å². The van der Waals surface area contributed by atoms with Crippen molar-refractivity contribution in [2.75, 3.05) is 19.5 Å². The van der Waals surface area contributed by atoms with Crippen molar-refractivity contribution in [2.45, 2.75) is 6.92 Å². The largest absolute Gasteiger partial charge is 0.495 e. The number of furan rings is 1. The third-order valence-corrected chi connectivity index (χ3v) is 3.81. The van der Waals surface area contributed by atoms with E-state index >= 15 is 0 Å². The Morgan fingerprint density at radius 1 is 1.00 bits per heavy atom. The summed E-state index contributed by atoms with van der Waals surface area (Å²) in [5, 5.41) is 3.33. The highest BCUT2D eigenvalue weighted by atomic mass is 16.5. The maximum absolute atomic E-state index is 12.7. The van der Waals surface area contributed by atoms with Crippen molar-refractivity contribution >= 4 is 28.3 Å². The van der Waals surface area contributed by atoms with E-state index in [0.29, 0.717) is 33.7 Å². The lowest BCUT2D eigenvalue weighted by atomic mass is 10.1. The fourth-order valence-corrected chi connectivity index (χ4v) is 2.57. The molecule has 3 rings (SSSR count). The lowest BCUT2D eigenvalue weighted by molar-refractivity contribution is 0.0987. The van der Waals surface area contributed by atoms with Crippen LogP contribution < -0.4 is 14.8 Å². The molecule has 6 nitrogen and oxygen atoms in total. The first-order valence-corrected chi connectivity index (χ1v) is 7.61. The highest BCUT2D eigenvalue weighted by molar-refractivity contribution is 6.14. The number of ether oxygens (including phenoxy) is 2. The number of carbonyl (C=O) groups excluding carboxylic acids is 2. The number of ketones is 1. The van der Waals surface area contributed by atoms with E-state index in [0.717, 1.165) is 0 Å². The maximum Gasteiger partial charge on any atom is 0.256 e. The van der Waals surface area contributed by atoms with Crippen molar-refractivity contribution in [2.24, 2.45) is 0 Å². The van der Waals surface area contributed by atoms with Crippen LogP contribution in [0.4, 0.5) is 5.69 Å². The number of benzene rings is 2. The second-order valence-electron chi connectivity index (χ2n) is 5.38. The monoisotopic (exact) mass is 339 g/mol. The summed E-state index contributed by atoms with van der Waals surface area (Å²) in [5.74, 6) is 0.613. The van der Waals surface area contributed by atoms with Crippen molar-refractivity contribution in [3.05, 3.63) is 53.8 Å². The standard InChI is InChI=1S/C19H17NO5/c1-11(21)17-10-13-12(8-9-16(24-3)18(13)25-17)19(22)20-14-6-4-5-7-15(14)23-2/h4-10H,1-3H3,(H,20,22). The van der Waals surface area contributed by atoms with Gasteiger partial charge in [-0.3, -0.25) is 9.59 Å². The third-order valence-electron chi connectivity index (χ3n) is 3.81. The van der Waals surface area contributed by atoms with Gasteiger partial charge in [0.25, 0.3) is 5.91 Å². The SMILES string of the molecule is COc1ccccc1NC(=O)c1ccc(OC)c2oc(C(C)=O)cc12. The van der Waals surface area contributed by atoms with Crippen LogP contribution in [0, 0.1) is 0 Å². The van der Waals surface area contributed by atoms with Gasteiger partial charge in [-0.05, 0) is 30.3 Å². The molecular formula is C19H17NO5. The van der Waals surface area contributed by atoms with Crippen molar-refractivity contribution < 1.29 is 23.5 Å². The average molecular weight is 339 g/mol. The second-order valence-corrected chi connectivity index (χ2v) is 5.38. The van der Waals surface area contributed by atoms with E-state index in [1.807, 2.05) is 6.07 Å². The molecule has 0 unspecified atom stereocenters. The summed E-state index contributed by atoms with van der Waals surface area (Å²) >= 11 is 0. The zero-order valence-corrected chi connectivity index (χ0v) is 14.1. The van der Waals surface area contributed by atoms with E-state index in [9.17, 15) is 9.59 Å². The van der Waals surface area contributed by atoms with Gasteiger partial charge in [-0.1, -0.05) is 12.1 Å². The first-order valence-electron chi connectivity index (χ1n) is 7.61. The normalized spacial score (nSPS) is 10.5. The van der Waals surface area contributed by atoms with Gasteiger partial charge < -0.3 is 19.2 Å². The number of anilines is 1. The number of hydrogen-bond donors (Lipinski definition) is 1. The van der Waals surface area contributed by atoms with Gasteiger partial charge in [0.1, 0.15) is 5.75 Å². The van der Waals surface area contributed by atoms with E-state index in [2.05, 4.69) is 5.32 Å². The van der Waals surface area contributed by atoms with Crippen LogP contribution in [0.15, 0.2) is 46.9 Å². The molecule has 6 heteroatoms. The Balaban J connectivity index is 2.05. The number of rotatable bonds is 5. The molecule has 1 amide bonds. The van der Waals surface area contributed by atoms with Gasteiger partial charge in [0.2, 0.25) is 0 Å². The van der Waals surface area contributed by atoms with Gasteiger partial charge in [0, 0.05) is 12.3 Å². The zero-order chi connectivity index (χ0) is 18.0. The van der Waals surface area contributed by atoms with Crippen LogP contribution in [-0.4, -0.2) is 25.9 Å².